The molecule has 0 saturated heterocycles. The summed E-state index contributed by atoms with van der Waals surface area (Å²) in [6, 6.07) is 8.82. The molecule has 33 heavy (non-hydrogen) atoms. The number of ether oxygens (including phenoxy) is 1. The van der Waals surface area contributed by atoms with Gasteiger partial charge in [0.15, 0.2) is 0 Å². The number of nitrogens with zero attached hydrogens (tertiary/aromatic N) is 1. The molecule has 7 nitrogen and oxygen atoms in total. The Morgan fingerprint density at radius 3 is 2.45 bits per heavy atom. The fraction of sp³-hybridized carbons (Fsp3) is 0.640. The lowest BCUT2D eigenvalue weighted by Gasteiger charge is -2.35. The second-order valence-electron chi connectivity index (χ2n) is 8.65. The minimum atomic E-state index is -0.652. The molecule has 3 amide bonds. The van der Waals surface area contributed by atoms with Crippen LogP contribution >= 0.6 is 11.8 Å². The van der Waals surface area contributed by atoms with Crippen molar-refractivity contribution in [3.8, 4) is 0 Å². The van der Waals surface area contributed by atoms with Gasteiger partial charge in [0.25, 0.3) is 0 Å². The first-order valence-electron chi connectivity index (χ1n) is 12.1. The van der Waals surface area contributed by atoms with E-state index in [4.69, 9.17) is 4.74 Å². The van der Waals surface area contributed by atoms with Crippen molar-refractivity contribution in [2.45, 2.75) is 84.0 Å². The van der Waals surface area contributed by atoms with Crippen LogP contribution in [0.4, 0.5) is 4.79 Å². The Bertz CT molecular complexity index is 738. The van der Waals surface area contributed by atoms with Gasteiger partial charge in [0.2, 0.25) is 11.8 Å². The third-order valence-electron chi connectivity index (χ3n) is 5.77. The van der Waals surface area contributed by atoms with Crippen molar-refractivity contribution in [3.05, 3.63) is 35.9 Å². The number of carbonyl (C=O) groups excluding carboxylic acids is 3. The maximum absolute atomic E-state index is 13.2. The molecular formula is C25H39N3O4S. The molecule has 1 aliphatic rings. The predicted octanol–water partition coefficient (Wildman–Crippen LogP) is 4.11. The molecule has 8 heteroatoms. The summed E-state index contributed by atoms with van der Waals surface area (Å²) in [5.74, 6) is 1.38. The highest BCUT2D eigenvalue weighted by Crippen LogP contribution is 2.19. The van der Waals surface area contributed by atoms with Crippen LogP contribution in [0.1, 0.15) is 64.9 Å². The average Bonchev–Trinajstić information content (AvgIpc) is 2.81. The first kappa shape index (κ1) is 27.0. The topological polar surface area (TPSA) is 87.7 Å². The Labute approximate surface area is 202 Å². The number of alkyl carbamates (subject to hydrolysis) is 1. The van der Waals surface area contributed by atoms with Crippen molar-refractivity contribution in [1.82, 2.24) is 15.5 Å². The number of amides is 3. The summed E-state index contributed by atoms with van der Waals surface area (Å²) >= 11 is 1.76. The van der Waals surface area contributed by atoms with Gasteiger partial charge in [-0.1, -0.05) is 56.5 Å². The van der Waals surface area contributed by atoms with Crippen molar-refractivity contribution in [3.63, 3.8) is 0 Å². The van der Waals surface area contributed by atoms with E-state index >= 15 is 0 Å². The van der Waals surface area contributed by atoms with Gasteiger partial charge in [-0.3, -0.25) is 9.59 Å². The summed E-state index contributed by atoms with van der Waals surface area (Å²) in [6.45, 7) is 5.81. The normalized spacial score (nSPS) is 15.0. The van der Waals surface area contributed by atoms with E-state index in [0.29, 0.717) is 6.42 Å². The van der Waals surface area contributed by atoms with Crippen LogP contribution in [0.15, 0.2) is 30.3 Å². The molecule has 1 fully saturated rings. The van der Waals surface area contributed by atoms with Crippen LogP contribution in [0.5, 0.6) is 0 Å². The van der Waals surface area contributed by atoms with Crippen molar-refractivity contribution in [2.75, 3.05) is 18.1 Å². The number of hydrogen-bond donors (Lipinski definition) is 2. The van der Waals surface area contributed by atoms with Gasteiger partial charge in [-0.2, -0.15) is 11.8 Å². The lowest BCUT2D eigenvalue weighted by molar-refractivity contribution is -0.142. The lowest BCUT2D eigenvalue weighted by Crippen LogP contribution is -2.56. The van der Waals surface area contributed by atoms with E-state index in [1.807, 2.05) is 44.2 Å². The highest BCUT2D eigenvalue weighted by molar-refractivity contribution is 7.99. The summed E-state index contributed by atoms with van der Waals surface area (Å²) in [6.07, 6.45) is 5.39. The number of hydrogen-bond acceptors (Lipinski definition) is 5. The number of nitrogens with one attached hydrogen (secondary N) is 2. The largest absolute Gasteiger partial charge is 0.445 e. The van der Waals surface area contributed by atoms with Crippen LogP contribution in [-0.2, 0) is 20.9 Å². The van der Waals surface area contributed by atoms with Crippen molar-refractivity contribution in [2.24, 2.45) is 0 Å². The molecule has 1 unspecified atom stereocenters. The monoisotopic (exact) mass is 477 g/mol. The zero-order chi connectivity index (χ0) is 24.1. The molecule has 1 aliphatic carbocycles. The van der Waals surface area contributed by atoms with Gasteiger partial charge in [0, 0.05) is 12.1 Å². The zero-order valence-corrected chi connectivity index (χ0v) is 21.0. The number of thioether (sulfide) groups is 1. The highest BCUT2D eigenvalue weighted by Gasteiger charge is 2.32. The molecule has 1 aromatic carbocycles. The molecular weight excluding hydrogens is 438 g/mol. The Balaban J connectivity index is 1.96. The predicted molar refractivity (Wildman–Crippen MR) is 133 cm³/mol. The molecule has 0 aromatic heterocycles. The summed E-state index contributed by atoms with van der Waals surface area (Å²) in [5.41, 5.74) is 0.871. The van der Waals surface area contributed by atoms with Crippen molar-refractivity contribution >= 4 is 29.7 Å². The van der Waals surface area contributed by atoms with Gasteiger partial charge in [-0.15, -0.1) is 0 Å². The average molecular weight is 478 g/mol. The second-order valence-corrected chi connectivity index (χ2v) is 10.0. The third kappa shape index (κ3) is 9.66. The SMILES string of the molecule is CCSCCC(C(=O)NC1CCCCC1)N(C(=O)CNC(=O)OCc1ccccc1)C(C)C. The Hall–Kier alpha value is -2.22. The van der Waals surface area contributed by atoms with Crippen LogP contribution in [-0.4, -0.2) is 59.0 Å². The van der Waals surface area contributed by atoms with E-state index in [-0.39, 0.29) is 37.0 Å². The van der Waals surface area contributed by atoms with E-state index in [1.54, 1.807) is 16.7 Å². The molecule has 0 spiro atoms. The first-order chi connectivity index (χ1) is 15.9. The van der Waals surface area contributed by atoms with Crippen LogP contribution < -0.4 is 10.6 Å². The van der Waals surface area contributed by atoms with Gasteiger partial charge >= 0.3 is 6.09 Å². The molecule has 1 aromatic rings. The van der Waals surface area contributed by atoms with Gasteiger partial charge in [0.1, 0.15) is 19.2 Å². The number of carbonyl (C=O) groups is 3. The molecule has 1 atom stereocenters. The summed E-state index contributed by atoms with van der Waals surface area (Å²) in [5, 5.41) is 5.73. The second kappa shape index (κ2) is 14.8. The lowest BCUT2D eigenvalue weighted by atomic mass is 9.95. The van der Waals surface area contributed by atoms with E-state index in [0.717, 1.165) is 42.8 Å². The number of benzene rings is 1. The zero-order valence-electron chi connectivity index (χ0n) is 20.2. The van der Waals surface area contributed by atoms with E-state index in [9.17, 15) is 14.4 Å². The van der Waals surface area contributed by atoms with Gasteiger partial charge in [0.05, 0.1) is 0 Å². The Morgan fingerprint density at radius 1 is 1.12 bits per heavy atom. The van der Waals surface area contributed by atoms with Crippen LogP contribution in [0.3, 0.4) is 0 Å². The fourth-order valence-electron chi connectivity index (χ4n) is 4.12. The third-order valence-corrected chi connectivity index (χ3v) is 6.70. The van der Waals surface area contributed by atoms with E-state index < -0.39 is 12.1 Å². The highest BCUT2D eigenvalue weighted by atomic mass is 32.2. The fourth-order valence-corrected chi connectivity index (χ4v) is 4.79. The summed E-state index contributed by atoms with van der Waals surface area (Å²) in [7, 11) is 0. The number of rotatable bonds is 12. The molecule has 184 valence electrons. The maximum Gasteiger partial charge on any atom is 0.407 e. The molecule has 2 rings (SSSR count). The van der Waals surface area contributed by atoms with Gasteiger partial charge < -0.3 is 20.3 Å². The minimum absolute atomic E-state index is 0.0905. The first-order valence-corrected chi connectivity index (χ1v) is 13.2. The standard InChI is InChI=1S/C25H39N3O4S/c1-4-33-16-15-22(24(30)27-21-13-9-6-10-14-21)28(19(2)3)23(29)17-26-25(31)32-18-20-11-7-5-8-12-20/h5,7-8,11-12,19,21-22H,4,6,9-10,13-18H2,1-3H3,(H,26,31)(H,27,30). The van der Waals surface area contributed by atoms with Crippen LogP contribution in [0.25, 0.3) is 0 Å². The summed E-state index contributed by atoms with van der Waals surface area (Å²) < 4.78 is 5.20. The molecule has 0 radical (unpaired) electrons. The molecule has 2 N–H and O–H groups in total. The van der Waals surface area contributed by atoms with Crippen molar-refractivity contribution in [1.29, 1.82) is 0 Å². The summed E-state index contributed by atoms with van der Waals surface area (Å²) in [4.78, 5) is 40.1. The Kier molecular flexibility index (Phi) is 12.1. The van der Waals surface area contributed by atoms with Crippen molar-refractivity contribution < 1.29 is 19.1 Å². The van der Waals surface area contributed by atoms with Crippen LogP contribution in [0, 0.1) is 0 Å². The van der Waals surface area contributed by atoms with E-state index in [1.165, 1.54) is 6.42 Å². The molecule has 0 heterocycles. The molecule has 0 bridgehead atoms. The van der Waals surface area contributed by atoms with Gasteiger partial charge in [-0.05, 0) is 50.2 Å². The maximum atomic E-state index is 13.2. The van der Waals surface area contributed by atoms with Gasteiger partial charge in [-0.25, -0.2) is 4.79 Å². The van der Waals surface area contributed by atoms with Crippen LogP contribution in [0.2, 0.25) is 0 Å². The molecule has 0 aliphatic heterocycles. The smallest absolute Gasteiger partial charge is 0.407 e. The molecule has 1 saturated carbocycles. The van der Waals surface area contributed by atoms with E-state index in [2.05, 4.69) is 17.6 Å². The minimum Gasteiger partial charge on any atom is -0.445 e. The quantitative estimate of drug-likeness (QED) is 0.442. The Morgan fingerprint density at radius 2 is 1.82 bits per heavy atom.